The smallest absolute Gasteiger partial charge is 0.410 e. The Morgan fingerprint density at radius 1 is 0.949 bits per heavy atom. The number of rotatable bonds is 9. The Labute approximate surface area is 233 Å². The molecule has 0 bridgehead atoms. The van der Waals surface area contributed by atoms with Gasteiger partial charge in [0.1, 0.15) is 5.60 Å². The Morgan fingerprint density at radius 3 is 2.13 bits per heavy atom. The fourth-order valence-corrected chi connectivity index (χ4v) is 6.56. The highest BCUT2D eigenvalue weighted by atomic mass is 32.2. The molecule has 4 rings (SSSR count). The van der Waals surface area contributed by atoms with Crippen molar-refractivity contribution < 1.29 is 17.9 Å². The molecule has 1 heterocycles. The molecule has 1 amide bonds. The van der Waals surface area contributed by atoms with Gasteiger partial charge in [0.25, 0.3) is 0 Å². The van der Waals surface area contributed by atoms with E-state index in [0.29, 0.717) is 13.0 Å². The van der Waals surface area contributed by atoms with Gasteiger partial charge in [-0.25, -0.2) is 17.9 Å². The first kappa shape index (κ1) is 28.8. The average molecular weight is 549 g/mol. The van der Waals surface area contributed by atoms with Crippen molar-refractivity contribution in [3.63, 3.8) is 0 Å². The number of nitrogens with one attached hydrogen (secondary N) is 1. The summed E-state index contributed by atoms with van der Waals surface area (Å²) in [6, 6.07) is 26.3. The molecule has 3 aromatic carbocycles. The van der Waals surface area contributed by atoms with Gasteiger partial charge in [-0.05, 0) is 76.6 Å². The lowest BCUT2D eigenvalue weighted by molar-refractivity contribution is 0.0217. The maximum Gasteiger partial charge on any atom is 0.410 e. The van der Waals surface area contributed by atoms with Crippen molar-refractivity contribution in [1.82, 2.24) is 9.62 Å². The van der Waals surface area contributed by atoms with Crippen molar-refractivity contribution in [3.05, 3.63) is 102 Å². The van der Waals surface area contributed by atoms with Crippen molar-refractivity contribution in [2.75, 3.05) is 6.54 Å². The van der Waals surface area contributed by atoms with E-state index in [1.807, 2.05) is 93.3 Å². The van der Waals surface area contributed by atoms with Gasteiger partial charge >= 0.3 is 6.09 Å². The van der Waals surface area contributed by atoms with E-state index in [4.69, 9.17) is 4.74 Å². The van der Waals surface area contributed by atoms with Gasteiger partial charge in [-0.15, -0.1) is 0 Å². The minimum atomic E-state index is -3.79. The molecule has 0 spiro atoms. The molecule has 1 N–H and O–H groups in total. The summed E-state index contributed by atoms with van der Waals surface area (Å²) < 4.78 is 36.0. The molecule has 7 heteroatoms. The maximum atomic E-state index is 13.6. The largest absolute Gasteiger partial charge is 0.444 e. The summed E-state index contributed by atoms with van der Waals surface area (Å²) in [5.74, 6) is -0.144. The second kappa shape index (κ2) is 12.3. The van der Waals surface area contributed by atoms with Crippen LogP contribution < -0.4 is 4.72 Å². The number of hydrogen-bond acceptors (Lipinski definition) is 4. The predicted octanol–water partition coefficient (Wildman–Crippen LogP) is 6.98. The molecular weight excluding hydrogens is 508 g/mol. The maximum absolute atomic E-state index is 13.6. The van der Waals surface area contributed by atoms with Crippen LogP contribution in [0.25, 0.3) is 0 Å². The average Bonchev–Trinajstić information content (AvgIpc) is 3.37. The van der Waals surface area contributed by atoms with Crippen molar-refractivity contribution in [2.45, 2.75) is 81.9 Å². The van der Waals surface area contributed by atoms with Crippen molar-refractivity contribution in [3.8, 4) is 0 Å². The summed E-state index contributed by atoms with van der Waals surface area (Å²) in [4.78, 5) is 15.0. The Hall–Kier alpha value is -3.16. The van der Waals surface area contributed by atoms with Gasteiger partial charge in [0, 0.05) is 18.5 Å². The predicted molar refractivity (Wildman–Crippen MR) is 155 cm³/mol. The fourth-order valence-electron chi connectivity index (χ4n) is 5.29. The number of sulfonamides is 1. The Bertz CT molecular complexity index is 1320. The molecule has 6 nitrogen and oxygen atoms in total. The van der Waals surface area contributed by atoms with Crippen LogP contribution in [0.2, 0.25) is 0 Å². The third-order valence-electron chi connectivity index (χ3n) is 7.22. The summed E-state index contributed by atoms with van der Waals surface area (Å²) >= 11 is 0. The highest BCUT2D eigenvalue weighted by Gasteiger charge is 2.35. The molecule has 0 aromatic heterocycles. The first-order chi connectivity index (χ1) is 18.5. The van der Waals surface area contributed by atoms with Gasteiger partial charge in [0.2, 0.25) is 10.0 Å². The molecular formula is C32H40N2O4S. The Kier molecular flexibility index (Phi) is 9.13. The molecule has 39 heavy (non-hydrogen) atoms. The van der Waals surface area contributed by atoms with Crippen LogP contribution in [0, 0.1) is 6.92 Å². The van der Waals surface area contributed by atoms with Crippen LogP contribution in [0.5, 0.6) is 0 Å². The summed E-state index contributed by atoms with van der Waals surface area (Å²) in [7, 11) is -3.79. The number of nitrogens with zero attached hydrogens (tertiary/aromatic N) is 1. The highest BCUT2D eigenvalue weighted by molar-refractivity contribution is 7.89. The van der Waals surface area contributed by atoms with Crippen LogP contribution in [0.3, 0.4) is 0 Å². The number of ether oxygens (including phenoxy) is 1. The van der Waals surface area contributed by atoms with E-state index in [2.05, 4.69) is 16.9 Å². The van der Waals surface area contributed by atoms with Crippen LogP contribution >= 0.6 is 0 Å². The van der Waals surface area contributed by atoms with Crippen molar-refractivity contribution >= 4 is 16.1 Å². The first-order valence-corrected chi connectivity index (χ1v) is 15.2. The number of aryl methyl sites for hydroxylation is 1. The molecule has 1 aliphatic rings. The van der Waals surface area contributed by atoms with E-state index in [-0.39, 0.29) is 22.9 Å². The molecule has 0 radical (unpaired) electrons. The number of carbonyl (C=O) groups excluding carboxylic acids is 1. The second-order valence-corrected chi connectivity index (χ2v) is 13.1. The molecule has 208 valence electrons. The third-order valence-corrected chi connectivity index (χ3v) is 8.68. The van der Waals surface area contributed by atoms with Gasteiger partial charge in [-0.2, -0.15) is 0 Å². The van der Waals surface area contributed by atoms with Gasteiger partial charge in [-0.1, -0.05) is 78.4 Å². The number of amides is 1. The number of likely N-dealkylation sites (tertiary alicyclic amines) is 1. The van der Waals surface area contributed by atoms with E-state index < -0.39 is 21.7 Å². The van der Waals surface area contributed by atoms with Crippen molar-refractivity contribution in [2.24, 2.45) is 0 Å². The highest BCUT2D eigenvalue weighted by Crippen LogP contribution is 2.38. The van der Waals surface area contributed by atoms with E-state index in [0.717, 1.165) is 36.0 Å². The van der Waals surface area contributed by atoms with E-state index in [1.54, 1.807) is 12.1 Å². The number of carbonyl (C=O) groups is 1. The molecule has 3 aromatic rings. The normalized spacial score (nSPS) is 17.5. The monoisotopic (exact) mass is 548 g/mol. The van der Waals surface area contributed by atoms with Crippen LogP contribution in [0.1, 0.15) is 75.1 Å². The fraction of sp³-hybridized carbons (Fsp3) is 0.406. The zero-order chi connectivity index (χ0) is 28.0. The third kappa shape index (κ3) is 7.70. The van der Waals surface area contributed by atoms with Gasteiger partial charge in [-0.3, -0.25) is 0 Å². The molecule has 1 fully saturated rings. The number of benzene rings is 3. The summed E-state index contributed by atoms with van der Waals surface area (Å²) in [6.07, 6.45) is 3.01. The van der Waals surface area contributed by atoms with E-state index >= 15 is 0 Å². The van der Waals surface area contributed by atoms with E-state index in [9.17, 15) is 13.2 Å². The van der Waals surface area contributed by atoms with Gasteiger partial charge in [0.05, 0.1) is 10.9 Å². The Morgan fingerprint density at radius 2 is 1.54 bits per heavy atom. The molecule has 0 aliphatic carbocycles. The number of hydrogen-bond donors (Lipinski definition) is 1. The minimum absolute atomic E-state index is 0.0520. The first-order valence-electron chi connectivity index (χ1n) is 13.7. The zero-order valence-electron chi connectivity index (χ0n) is 23.3. The van der Waals surface area contributed by atoms with Crippen LogP contribution in [-0.4, -0.2) is 37.6 Å². The summed E-state index contributed by atoms with van der Waals surface area (Å²) in [6.45, 7) is 8.26. The molecule has 0 unspecified atom stereocenters. The lowest BCUT2D eigenvalue weighted by atomic mass is 9.83. The molecule has 1 saturated heterocycles. The van der Waals surface area contributed by atoms with Crippen LogP contribution in [0.4, 0.5) is 4.79 Å². The van der Waals surface area contributed by atoms with Crippen molar-refractivity contribution in [1.29, 1.82) is 0 Å². The Balaban J connectivity index is 1.65. The zero-order valence-corrected chi connectivity index (χ0v) is 24.2. The lowest BCUT2D eigenvalue weighted by Gasteiger charge is -2.32. The SMILES string of the molecule is Cc1ccc(S(=O)(=O)N[C@@H](c2ccccc2)[C@@H](CC[C@@H]2CCCN2C(=O)OC(C)(C)C)c2ccccc2)cc1. The molecule has 3 atom stereocenters. The summed E-state index contributed by atoms with van der Waals surface area (Å²) in [5, 5.41) is 0. The minimum Gasteiger partial charge on any atom is -0.444 e. The van der Waals surface area contributed by atoms with E-state index in [1.165, 1.54) is 0 Å². The molecule has 0 saturated carbocycles. The lowest BCUT2D eigenvalue weighted by Crippen LogP contribution is -2.40. The second-order valence-electron chi connectivity index (χ2n) is 11.4. The standard InChI is InChI=1S/C32H40N2O4S/c1-24-17-20-28(21-18-24)39(36,37)33-30(26-14-9-6-10-15-26)29(25-12-7-5-8-13-25)22-19-27-16-11-23-34(27)31(35)38-32(2,3)4/h5-10,12-15,17-18,20-21,27,29-30,33H,11,16,19,22-23H2,1-4H3/t27-,29-,30-/m0/s1. The quantitative estimate of drug-likeness (QED) is 0.313. The van der Waals surface area contributed by atoms with Gasteiger partial charge in [0.15, 0.2) is 0 Å². The van der Waals surface area contributed by atoms with Gasteiger partial charge < -0.3 is 9.64 Å². The van der Waals surface area contributed by atoms with Crippen LogP contribution in [0.15, 0.2) is 89.8 Å². The van der Waals surface area contributed by atoms with Crippen LogP contribution in [-0.2, 0) is 14.8 Å². The molecule has 1 aliphatic heterocycles. The summed E-state index contributed by atoms with van der Waals surface area (Å²) in [5.41, 5.74) is 2.41. The topological polar surface area (TPSA) is 75.7 Å².